The van der Waals surface area contributed by atoms with Crippen molar-refractivity contribution in [2.45, 2.75) is 5.88 Å². The Morgan fingerprint density at radius 1 is 1.44 bits per heavy atom. The van der Waals surface area contributed by atoms with Crippen LogP contribution in [0.1, 0.15) is 4.88 Å². The molecule has 0 N–H and O–H groups in total. The van der Waals surface area contributed by atoms with Gasteiger partial charge in [-0.05, 0) is 23.7 Å². The normalized spacial score (nSPS) is 10.1. The Morgan fingerprint density at radius 3 is 3.00 bits per heavy atom. The van der Waals surface area contributed by atoms with Crippen LogP contribution >= 0.6 is 23.1 Å². The lowest BCUT2D eigenvalue weighted by atomic mass is 10.1. The zero-order chi connectivity index (χ0) is 11.4. The molecular formula is C10H7ClN2O2S. The van der Waals surface area contributed by atoms with Crippen LogP contribution in [0.2, 0.25) is 0 Å². The lowest BCUT2D eigenvalue weighted by Gasteiger charge is -2.04. The number of alkyl halides is 1. The summed E-state index contributed by atoms with van der Waals surface area (Å²) in [4.78, 5) is 11.2. The summed E-state index contributed by atoms with van der Waals surface area (Å²) < 4.78 is 8.71. The van der Waals surface area contributed by atoms with Crippen molar-refractivity contribution >= 4 is 29.6 Å². The Hall–Kier alpha value is -1.46. The number of nitrogens with zero attached hydrogens (tertiary/aromatic N) is 2. The van der Waals surface area contributed by atoms with Gasteiger partial charge in [0.05, 0.1) is 10.8 Å². The zero-order valence-electron chi connectivity index (χ0n) is 8.09. The number of carbonyl (C=O) groups is 1. The highest BCUT2D eigenvalue weighted by molar-refractivity contribution is 7.06. The van der Waals surface area contributed by atoms with Gasteiger partial charge in [0, 0.05) is 5.56 Å². The standard InChI is InChI=1S/C10H7ClN2O2S/c11-5-9-10(12-13-16-9)7-3-1-2-4-8(7)15-6-14/h1-4,6H,5H2. The average Bonchev–Trinajstić information content (AvgIpc) is 2.78. The number of aromatic nitrogens is 2. The van der Waals surface area contributed by atoms with Crippen LogP contribution in [0.4, 0.5) is 0 Å². The Labute approximate surface area is 101 Å². The van der Waals surface area contributed by atoms with E-state index < -0.39 is 0 Å². The highest BCUT2D eigenvalue weighted by atomic mass is 35.5. The van der Waals surface area contributed by atoms with E-state index in [2.05, 4.69) is 9.59 Å². The number of rotatable bonds is 4. The first-order valence-electron chi connectivity index (χ1n) is 4.43. The average molecular weight is 255 g/mol. The van der Waals surface area contributed by atoms with Crippen molar-refractivity contribution in [2.75, 3.05) is 0 Å². The fourth-order valence-corrected chi connectivity index (χ4v) is 2.10. The summed E-state index contributed by atoms with van der Waals surface area (Å²) in [6.07, 6.45) is 0. The number of hydrogen-bond acceptors (Lipinski definition) is 5. The van der Waals surface area contributed by atoms with Crippen LogP contribution in [0.15, 0.2) is 24.3 Å². The third-order valence-electron chi connectivity index (χ3n) is 1.99. The Balaban J connectivity index is 2.50. The van der Waals surface area contributed by atoms with Gasteiger partial charge >= 0.3 is 0 Å². The van der Waals surface area contributed by atoms with Gasteiger partial charge in [-0.3, -0.25) is 4.79 Å². The molecule has 0 aliphatic rings. The number of benzene rings is 1. The predicted octanol–water partition coefficient (Wildman–Crippen LogP) is 2.48. The van der Waals surface area contributed by atoms with E-state index in [1.807, 2.05) is 12.1 Å². The molecule has 1 aromatic carbocycles. The van der Waals surface area contributed by atoms with Crippen LogP contribution < -0.4 is 4.74 Å². The third kappa shape index (κ3) is 2.05. The van der Waals surface area contributed by atoms with Gasteiger partial charge < -0.3 is 4.74 Å². The SMILES string of the molecule is O=COc1ccccc1-c1nnsc1CCl. The molecule has 0 saturated heterocycles. The van der Waals surface area contributed by atoms with Crippen LogP contribution in [0.5, 0.6) is 5.75 Å². The minimum Gasteiger partial charge on any atom is -0.428 e. The van der Waals surface area contributed by atoms with E-state index >= 15 is 0 Å². The molecule has 1 heterocycles. The summed E-state index contributed by atoms with van der Waals surface area (Å²) in [5.41, 5.74) is 1.39. The molecule has 0 amide bonds. The lowest BCUT2D eigenvalue weighted by molar-refractivity contribution is -0.120. The molecule has 0 aliphatic heterocycles. The molecule has 2 aromatic rings. The summed E-state index contributed by atoms with van der Waals surface area (Å²) in [5, 5.41) is 3.99. The second-order valence-electron chi connectivity index (χ2n) is 2.89. The summed E-state index contributed by atoms with van der Waals surface area (Å²) in [7, 11) is 0. The second kappa shape index (κ2) is 5.05. The number of halogens is 1. The van der Waals surface area contributed by atoms with Gasteiger partial charge in [0.1, 0.15) is 11.4 Å². The van der Waals surface area contributed by atoms with E-state index in [4.69, 9.17) is 16.3 Å². The van der Waals surface area contributed by atoms with Crippen LogP contribution in [-0.4, -0.2) is 16.1 Å². The van der Waals surface area contributed by atoms with Gasteiger partial charge in [-0.25, -0.2) is 0 Å². The monoisotopic (exact) mass is 254 g/mol. The highest BCUT2D eigenvalue weighted by Gasteiger charge is 2.13. The number of hydrogen-bond donors (Lipinski definition) is 0. The zero-order valence-corrected chi connectivity index (χ0v) is 9.66. The maximum atomic E-state index is 10.4. The van der Waals surface area contributed by atoms with Gasteiger partial charge in [0.15, 0.2) is 0 Å². The molecule has 0 radical (unpaired) electrons. The van der Waals surface area contributed by atoms with E-state index in [1.165, 1.54) is 11.5 Å². The molecule has 4 nitrogen and oxygen atoms in total. The van der Waals surface area contributed by atoms with Crippen LogP contribution in [-0.2, 0) is 10.7 Å². The Bertz CT molecular complexity index is 501. The molecular weight excluding hydrogens is 248 g/mol. The molecule has 0 fully saturated rings. The van der Waals surface area contributed by atoms with Crippen LogP contribution in [0.3, 0.4) is 0 Å². The minimum atomic E-state index is 0.336. The molecule has 82 valence electrons. The van der Waals surface area contributed by atoms with Gasteiger partial charge in [-0.15, -0.1) is 16.7 Å². The van der Waals surface area contributed by atoms with Crippen molar-refractivity contribution in [1.29, 1.82) is 0 Å². The van der Waals surface area contributed by atoms with E-state index in [0.717, 1.165) is 10.4 Å². The van der Waals surface area contributed by atoms with E-state index in [0.29, 0.717) is 23.8 Å². The second-order valence-corrected chi connectivity index (χ2v) is 3.99. The number of ether oxygens (including phenoxy) is 1. The number of para-hydroxylation sites is 1. The first-order chi connectivity index (χ1) is 7.86. The molecule has 0 unspecified atom stereocenters. The van der Waals surface area contributed by atoms with Gasteiger partial charge in [-0.2, -0.15) is 0 Å². The van der Waals surface area contributed by atoms with Crippen molar-refractivity contribution in [1.82, 2.24) is 9.59 Å². The van der Waals surface area contributed by atoms with E-state index in [1.54, 1.807) is 12.1 Å². The van der Waals surface area contributed by atoms with Gasteiger partial charge in [0.25, 0.3) is 6.47 Å². The predicted molar refractivity (Wildman–Crippen MR) is 61.6 cm³/mol. The largest absolute Gasteiger partial charge is 0.428 e. The molecule has 0 spiro atoms. The van der Waals surface area contributed by atoms with Crippen molar-refractivity contribution in [3.8, 4) is 17.0 Å². The fraction of sp³-hybridized carbons (Fsp3) is 0.100. The Kier molecular flexibility index (Phi) is 3.48. The van der Waals surface area contributed by atoms with Crippen LogP contribution in [0.25, 0.3) is 11.3 Å². The first-order valence-corrected chi connectivity index (χ1v) is 5.74. The van der Waals surface area contributed by atoms with Crippen LogP contribution in [0, 0.1) is 0 Å². The minimum absolute atomic E-state index is 0.336. The summed E-state index contributed by atoms with van der Waals surface area (Å²) in [6.45, 7) is 0.388. The molecule has 0 atom stereocenters. The topological polar surface area (TPSA) is 52.1 Å². The van der Waals surface area contributed by atoms with Crippen molar-refractivity contribution in [3.63, 3.8) is 0 Å². The van der Waals surface area contributed by atoms with E-state index in [9.17, 15) is 4.79 Å². The molecule has 0 bridgehead atoms. The first kappa shape index (κ1) is 11.0. The highest BCUT2D eigenvalue weighted by Crippen LogP contribution is 2.32. The van der Waals surface area contributed by atoms with Gasteiger partial charge in [-0.1, -0.05) is 16.6 Å². The third-order valence-corrected chi connectivity index (χ3v) is 3.14. The summed E-state index contributed by atoms with van der Waals surface area (Å²) >= 11 is 7.01. The summed E-state index contributed by atoms with van der Waals surface area (Å²) in [5.74, 6) is 0.791. The van der Waals surface area contributed by atoms with Crippen molar-refractivity contribution in [3.05, 3.63) is 29.1 Å². The van der Waals surface area contributed by atoms with Crippen molar-refractivity contribution < 1.29 is 9.53 Å². The molecule has 1 aromatic heterocycles. The quantitative estimate of drug-likeness (QED) is 0.621. The smallest absolute Gasteiger partial charge is 0.298 e. The lowest BCUT2D eigenvalue weighted by Crippen LogP contribution is -1.93. The van der Waals surface area contributed by atoms with Crippen molar-refractivity contribution in [2.24, 2.45) is 0 Å². The molecule has 6 heteroatoms. The summed E-state index contributed by atoms with van der Waals surface area (Å²) in [6, 6.07) is 7.12. The van der Waals surface area contributed by atoms with E-state index in [-0.39, 0.29) is 0 Å². The fourth-order valence-electron chi connectivity index (χ4n) is 1.32. The maximum absolute atomic E-state index is 10.4. The molecule has 0 aliphatic carbocycles. The van der Waals surface area contributed by atoms with Gasteiger partial charge in [0.2, 0.25) is 0 Å². The molecule has 16 heavy (non-hydrogen) atoms. The molecule has 0 saturated carbocycles. The Morgan fingerprint density at radius 2 is 2.25 bits per heavy atom. The maximum Gasteiger partial charge on any atom is 0.298 e. The number of carbonyl (C=O) groups excluding carboxylic acids is 1. The molecule has 2 rings (SSSR count).